The Morgan fingerprint density at radius 3 is 3.00 bits per heavy atom. The summed E-state index contributed by atoms with van der Waals surface area (Å²) in [4.78, 5) is 15.2. The van der Waals surface area contributed by atoms with E-state index in [1.807, 2.05) is 17.9 Å². The summed E-state index contributed by atoms with van der Waals surface area (Å²) in [5.74, 6) is -0.0621. The van der Waals surface area contributed by atoms with Gasteiger partial charge in [0.15, 0.2) is 0 Å². The zero-order valence-electron chi connectivity index (χ0n) is 15.5. The van der Waals surface area contributed by atoms with E-state index in [-0.39, 0.29) is 12.0 Å². The highest BCUT2D eigenvalue weighted by atomic mass is 79.9. The Morgan fingerprint density at radius 2 is 2.25 bits per heavy atom. The number of H-pyrrole nitrogens is 1. The average molecular weight is 463 g/mol. The van der Waals surface area contributed by atoms with Gasteiger partial charge in [-0.2, -0.15) is 5.10 Å². The molecule has 0 radical (unpaired) electrons. The van der Waals surface area contributed by atoms with E-state index in [0.29, 0.717) is 23.7 Å². The molecule has 0 spiro atoms. The van der Waals surface area contributed by atoms with E-state index in [2.05, 4.69) is 44.3 Å². The maximum atomic E-state index is 13.4. The number of hydrogen-bond acceptors (Lipinski definition) is 3. The number of hydrogen-bond donors (Lipinski definition) is 1. The number of rotatable bonds is 5. The molecular weight excluding hydrogens is 442 g/mol. The van der Waals surface area contributed by atoms with E-state index in [9.17, 15) is 4.79 Å². The van der Waals surface area contributed by atoms with Gasteiger partial charge in [0.1, 0.15) is 0 Å². The van der Waals surface area contributed by atoms with Gasteiger partial charge in [-0.15, -0.1) is 0 Å². The summed E-state index contributed by atoms with van der Waals surface area (Å²) in [5.41, 5.74) is 3.53. The first-order valence-corrected chi connectivity index (χ1v) is 10.5. The number of benzene rings is 2. The third-order valence-electron chi connectivity index (χ3n) is 5.05. The van der Waals surface area contributed by atoms with Crippen LogP contribution in [0.1, 0.15) is 34.3 Å². The van der Waals surface area contributed by atoms with Gasteiger partial charge >= 0.3 is 0 Å². The Hall–Kier alpha value is -1.89. The molecule has 2 aromatic carbocycles. The van der Waals surface area contributed by atoms with Gasteiger partial charge in [-0.3, -0.25) is 9.89 Å². The SMILES string of the molecule is Cc1ccc(CN(CC2CCCO2)C(=O)c2cc(Cl)c3[nH]ncc3c2)c(Br)c1. The van der Waals surface area contributed by atoms with Crippen molar-refractivity contribution in [3.63, 3.8) is 0 Å². The van der Waals surface area contributed by atoms with Crippen molar-refractivity contribution >= 4 is 44.3 Å². The molecule has 1 aliphatic rings. The molecule has 1 fully saturated rings. The van der Waals surface area contributed by atoms with Crippen LogP contribution in [-0.2, 0) is 11.3 Å². The molecule has 3 aromatic rings. The molecule has 0 aliphatic carbocycles. The van der Waals surface area contributed by atoms with Crippen molar-refractivity contribution in [3.05, 3.63) is 62.7 Å². The molecule has 5 nitrogen and oxygen atoms in total. The van der Waals surface area contributed by atoms with Gasteiger partial charge < -0.3 is 9.64 Å². The van der Waals surface area contributed by atoms with Crippen molar-refractivity contribution in [2.24, 2.45) is 0 Å². The largest absolute Gasteiger partial charge is 0.376 e. The van der Waals surface area contributed by atoms with E-state index >= 15 is 0 Å². The molecule has 28 heavy (non-hydrogen) atoms. The number of nitrogens with zero attached hydrogens (tertiary/aromatic N) is 2. The Kier molecular flexibility index (Phi) is 5.71. The highest BCUT2D eigenvalue weighted by Gasteiger charge is 2.25. The molecule has 0 bridgehead atoms. The summed E-state index contributed by atoms with van der Waals surface area (Å²) < 4.78 is 6.79. The normalized spacial score (nSPS) is 16.6. The van der Waals surface area contributed by atoms with Gasteiger partial charge in [0.05, 0.1) is 22.8 Å². The van der Waals surface area contributed by atoms with Gasteiger partial charge in [0.25, 0.3) is 5.91 Å². The standard InChI is InChI=1S/C21H21BrClN3O2/c1-13-4-5-14(18(22)7-13)11-26(12-17-3-2-6-28-17)21(27)15-8-16-10-24-25-20(16)19(23)9-15/h4-5,7-10,17H,2-3,6,11-12H2,1H3,(H,24,25). The average Bonchev–Trinajstić information content (AvgIpc) is 3.34. The minimum Gasteiger partial charge on any atom is -0.376 e. The van der Waals surface area contributed by atoms with E-state index in [4.69, 9.17) is 16.3 Å². The fourth-order valence-electron chi connectivity index (χ4n) is 3.56. The van der Waals surface area contributed by atoms with E-state index in [1.165, 1.54) is 5.56 Å². The van der Waals surface area contributed by atoms with Crippen LogP contribution in [0.5, 0.6) is 0 Å². The van der Waals surface area contributed by atoms with Gasteiger partial charge in [0, 0.05) is 35.1 Å². The third kappa shape index (κ3) is 4.09. The van der Waals surface area contributed by atoms with Crippen LogP contribution in [0.4, 0.5) is 0 Å². The number of carbonyl (C=O) groups is 1. The second kappa shape index (κ2) is 8.23. The number of nitrogens with one attached hydrogen (secondary N) is 1. The second-order valence-electron chi connectivity index (χ2n) is 7.21. The molecule has 1 atom stereocenters. The van der Waals surface area contributed by atoms with Gasteiger partial charge in [-0.25, -0.2) is 0 Å². The summed E-state index contributed by atoms with van der Waals surface area (Å²) >= 11 is 9.98. The second-order valence-corrected chi connectivity index (χ2v) is 8.47. The zero-order valence-corrected chi connectivity index (χ0v) is 17.9. The van der Waals surface area contributed by atoms with Crippen LogP contribution in [0, 0.1) is 6.92 Å². The predicted molar refractivity (Wildman–Crippen MR) is 114 cm³/mol. The van der Waals surface area contributed by atoms with Crippen LogP contribution >= 0.6 is 27.5 Å². The molecule has 1 aliphatic heterocycles. The molecule has 1 amide bonds. The van der Waals surface area contributed by atoms with Crippen molar-refractivity contribution in [3.8, 4) is 0 Å². The van der Waals surface area contributed by atoms with Crippen LogP contribution in [0.3, 0.4) is 0 Å². The van der Waals surface area contributed by atoms with E-state index in [1.54, 1.807) is 12.3 Å². The Morgan fingerprint density at radius 1 is 1.39 bits per heavy atom. The molecule has 7 heteroatoms. The highest BCUT2D eigenvalue weighted by Crippen LogP contribution is 2.26. The van der Waals surface area contributed by atoms with Crippen molar-refractivity contribution in [1.82, 2.24) is 15.1 Å². The maximum absolute atomic E-state index is 13.4. The molecule has 4 rings (SSSR count). The number of amides is 1. The number of aryl methyl sites for hydroxylation is 1. The summed E-state index contributed by atoms with van der Waals surface area (Å²) in [6.07, 6.45) is 3.76. The molecule has 0 saturated carbocycles. The van der Waals surface area contributed by atoms with E-state index in [0.717, 1.165) is 40.4 Å². The number of aromatic nitrogens is 2. The summed E-state index contributed by atoms with van der Waals surface area (Å²) in [6.45, 7) is 3.86. The summed E-state index contributed by atoms with van der Waals surface area (Å²) in [7, 11) is 0. The first-order valence-electron chi connectivity index (χ1n) is 9.30. The lowest BCUT2D eigenvalue weighted by Gasteiger charge is -2.26. The molecular formula is C21H21BrClN3O2. The molecule has 1 N–H and O–H groups in total. The van der Waals surface area contributed by atoms with Crippen LogP contribution < -0.4 is 0 Å². The van der Waals surface area contributed by atoms with Gasteiger partial charge in [0.2, 0.25) is 0 Å². The maximum Gasteiger partial charge on any atom is 0.254 e. The highest BCUT2D eigenvalue weighted by molar-refractivity contribution is 9.10. The first-order chi connectivity index (χ1) is 13.5. The molecule has 1 aromatic heterocycles. The smallest absolute Gasteiger partial charge is 0.254 e. The van der Waals surface area contributed by atoms with Crippen molar-refractivity contribution in [1.29, 1.82) is 0 Å². The molecule has 2 heterocycles. The topological polar surface area (TPSA) is 58.2 Å². The Bertz CT molecular complexity index is 1010. The number of halogens is 2. The Labute approximate surface area is 177 Å². The molecule has 1 saturated heterocycles. The summed E-state index contributed by atoms with van der Waals surface area (Å²) in [6, 6.07) is 9.72. The Balaban J connectivity index is 1.65. The van der Waals surface area contributed by atoms with Crippen LogP contribution in [0.15, 0.2) is 41.0 Å². The van der Waals surface area contributed by atoms with Crippen molar-refractivity contribution in [2.75, 3.05) is 13.2 Å². The minimum absolute atomic E-state index is 0.0621. The predicted octanol–water partition coefficient (Wildman–Crippen LogP) is 5.11. The minimum atomic E-state index is -0.0621. The van der Waals surface area contributed by atoms with Crippen LogP contribution in [0.2, 0.25) is 5.02 Å². The first kappa shape index (κ1) is 19.4. The van der Waals surface area contributed by atoms with Crippen LogP contribution in [-0.4, -0.2) is 40.3 Å². The summed E-state index contributed by atoms with van der Waals surface area (Å²) in [5, 5.41) is 8.20. The van der Waals surface area contributed by atoms with E-state index < -0.39 is 0 Å². The quantitative estimate of drug-likeness (QED) is 0.573. The molecule has 146 valence electrons. The fraction of sp³-hybridized carbons (Fsp3) is 0.333. The fourth-order valence-corrected chi connectivity index (χ4v) is 4.45. The van der Waals surface area contributed by atoms with Crippen LogP contribution in [0.25, 0.3) is 10.9 Å². The third-order valence-corrected chi connectivity index (χ3v) is 6.09. The van der Waals surface area contributed by atoms with Gasteiger partial charge in [-0.05, 0) is 49.1 Å². The number of ether oxygens (including phenoxy) is 1. The van der Waals surface area contributed by atoms with Crippen molar-refractivity contribution in [2.45, 2.75) is 32.4 Å². The monoisotopic (exact) mass is 461 g/mol. The molecule has 1 unspecified atom stereocenters. The zero-order chi connectivity index (χ0) is 19.7. The number of fused-ring (bicyclic) bond motifs is 1. The lowest BCUT2D eigenvalue weighted by atomic mass is 10.1. The van der Waals surface area contributed by atoms with Gasteiger partial charge in [-0.1, -0.05) is 39.7 Å². The van der Waals surface area contributed by atoms with Crippen molar-refractivity contribution < 1.29 is 9.53 Å². The lowest BCUT2D eigenvalue weighted by molar-refractivity contribution is 0.0507. The lowest BCUT2D eigenvalue weighted by Crippen LogP contribution is -2.37. The number of aromatic amines is 1. The number of carbonyl (C=O) groups excluding carboxylic acids is 1.